The van der Waals surface area contributed by atoms with Crippen LogP contribution in [-0.4, -0.2) is 32.6 Å². The Morgan fingerprint density at radius 3 is 2.58 bits per heavy atom. The Kier molecular flexibility index (Phi) is 7.81. The van der Waals surface area contributed by atoms with Crippen molar-refractivity contribution in [1.29, 1.82) is 0 Å². The van der Waals surface area contributed by atoms with Gasteiger partial charge >= 0.3 is 12.1 Å². The van der Waals surface area contributed by atoms with Crippen LogP contribution in [0.4, 0.5) is 19.0 Å². The van der Waals surface area contributed by atoms with Crippen LogP contribution in [0.1, 0.15) is 73.5 Å². The topological polar surface area (TPSA) is 88.0 Å². The molecule has 0 saturated carbocycles. The van der Waals surface area contributed by atoms with Crippen LogP contribution in [-0.2, 0) is 23.8 Å². The molecule has 0 unspecified atom stereocenters. The number of pyridine rings is 1. The Morgan fingerprint density at radius 1 is 1.13 bits per heavy atom. The number of carboxylic acid groups (broad SMARTS) is 1. The molecular formula is C22H27F3N4O2. The lowest BCUT2D eigenvalue weighted by molar-refractivity contribution is -0.145. The van der Waals surface area contributed by atoms with Crippen molar-refractivity contribution in [3.8, 4) is 0 Å². The lowest BCUT2D eigenvalue weighted by Crippen LogP contribution is -2.14. The lowest BCUT2D eigenvalue weighted by Gasteiger charge is -2.17. The maximum atomic E-state index is 12.6. The van der Waals surface area contributed by atoms with Gasteiger partial charge in [-0.2, -0.15) is 13.2 Å². The third-order valence-electron chi connectivity index (χ3n) is 5.51. The molecule has 1 aliphatic heterocycles. The number of aryl methyl sites for hydroxylation is 2. The molecule has 0 spiro atoms. The number of carboxylic acids is 1. The fourth-order valence-corrected chi connectivity index (χ4v) is 3.85. The Balaban J connectivity index is 1.44. The maximum absolute atomic E-state index is 12.6. The first-order chi connectivity index (χ1) is 14.8. The number of rotatable bonds is 10. The number of aromatic nitrogens is 3. The number of anilines is 1. The first-order valence-corrected chi connectivity index (χ1v) is 10.7. The molecule has 9 heteroatoms. The van der Waals surface area contributed by atoms with Crippen molar-refractivity contribution < 1.29 is 23.1 Å². The number of hydrogen-bond acceptors (Lipinski definition) is 5. The minimum Gasteiger partial charge on any atom is -0.481 e. The molecule has 1 atom stereocenters. The number of carbonyl (C=O) groups is 1. The summed E-state index contributed by atoms with van der Waals surface area (Å²) in [7, 11) is 0. The maximum Gasteiger partial charge on any atom is 0.451 e. The molecule has 31 heavy (non-hydrogen) atoms. The molecule has 2 N–H and O–H groups in total. The quantitative estimate of drug-likeness (QED) is 0.510. The smallest absolute Gasteiger partial charge is 0.451 e. The molecule has 0 saturated heterocycles. The van der Waals surface area contributed by atoms with E-state index in [-0.39, 0.29) is 6.42 Å². The van der Waals surface area contributed by atoms with E-state index in [0.717, 1.165) is 75.4 Å². The van der Waals surface area contributed by atoms with Crippen LogP contribution in [0.5, 0.6) is 0 Å². The van der Waals surface area contributed by atoms with Gasteiger partial charge in [0.25, 0.3) is 0 Å². The van der Waals surface area contributed by atoms with Gasteiger partial charge in [-0.1, -0.05) is 25.3 Å². The summed E-state index contributed by atoms with van der Waals surface area (Å²) in [5.74, 6) is -1.60. The van der Waals surface area contributed by atoms with Crippen molar-refractivity contribution >= 4 is 11.8 Å². The Labute approximate surface area is 179 Å². The monoisotopic (exact) mass is 436 g/mol. The number of alkyl halides is 3. The lowest BCUT2D eigenvalue weighted by atomic mass is 9.92. The number of unbranched alkanes of at least 4 members (excludes halogenated alkanes) is 3. The second-order valence-electron chi connectivity index (χ2n) is 7.93. The molecule has 3 rings (SSSR count). The molecule has 3 heterocycles. The highest BCUT2D eigenvalue weighted by atomic mass is 19.4. The summed E-state index contributed by atoms with van der Waals surface area (Å²) in [4.78, 5) is 22.6. The van der Waals surface area contributed by atoms with E-state index in [2.05, 4.69) is 32.4 Å². The highest BCUT2D eigenvalue weighted by molar-refractivity contribution is 5.68. The normalized spacial score (nSPS) is 14.5. The average molecular weight is 436 g/mol. The van der Waals surface area contributed by atoms with Crippen molar-refractivity contribution in [2.45, 2.75) is 69.9 Å². The first-order valence-electron chi connectivity index (χ1n) is 10.7. The van der Waals surface area contributed by atoms with E-state index in [1.165, 1.54) is 5.56 Å². The third kappa shape index (κ3) is 6.90. The van der Waals surface area contributed by atoms with Gasteiger partial charge in [0.1, 0.15) is 5.82 Å². The van der Waals surface area contributed by atoms with Gasteiger partial charge in [0, 0.05) is 24.6 Å². The van der Waals surface area contributed by atoms with Gasteiger partial charge in [-0.15, -0.1) is 0 Å². The predicted molar refractivity (Wildman–Crippen MR) is 110 cm³/mol. The standard InChI is InChI=1S/C22H27F3N4O2/c23-22(24,25)21-27-13-17(14-28-21)16(12-19(30)31)6-3-1-2-4-8-18-10-9-15-7-5-11-26-20(15)29-18/h9-10,13-14,16H,1-8,11-12H2,(H,26,29)(H,30,31)/t16-/m0/s1. The van der Waals surface area contributed by atoms with E-state index in [4.69, 9.17) is 5.11 Å². The van der Waals surface area contributed by atoms with Crippen LogP contribution in [0, 0.1) is 0 Å². The minimum absolute atomic E-state index is 0.152. The van der Waals surface area contributed by atoms with Gasteiger partial charge in [0.05, 0.1) is 6.42 Å². The number of hydrogen-bond donors (Lipinski definition) is 2. The summed E-state index contributed by atoms with van der Waals surface area (Å²) < 4.78 is 37.9. The van der Waals surface area contributed by atoms with Crippen molar-refractivity contribution in [3.63, 3.8) is 0 Å². The molecule has 0 amide bonds. The second kappa shape index (κ2) is 10.5. The van der Waals surface area contributed by atoms with Crippen LogP contribution in [0.2, 0.25) is 0 Å². The van der Waals surface area contributed by atoms with Gasteiger partial charge in [0.15, 0.2) is 0 Å². The highest BCUT2D eigenvalue weighted by Crippen LogP contribution is 2.29. The van der Waals surface area contributed by atoms with Crippen molar-refractivity contribution in [2.24, 2.45) is 0 Å². The van der Waals surface area contributed by atoms with Crippen LogP contribution in [0.3, 0.4) is 0 Å². The van der Waals surface area contributed by atoms with Crippen LogP contribution >= 0.6 is 0 Å². The molecule has 1 aliphatic rings. The molecule has 0 radical (unpaired) electrons. The molecule has 2 aromatic heterocycles. The SMILES string of the molecule is O=C(O)C[C@H](CCCCCCc1ccc2c(n1)NCCC2)c1cnc(C(F)(F)F)nc1. The van der Waals surface area contributed by atoms with Crippen LogP contribution < -0.4 is 5.32 Å². The van der Waals surface area contributed by atoms with E-state index >= 15 is 0 Å². The van der Waals surface area contributed by atoms with Gasteiger partial charge in [-0.25, -0.2) is 15.0 Å². The summed E-state index contributed by atoms with van der Waals surface area (Å²) >= 11 is 0. The molecule has 0 aliphatic carbocycles. The average Bonchev–Trinajstić information content (AvgIpc) is 2.74. The number of aliphatic carboxylic acids is 1. The third-order valence-corrected chi connectivity index (χ3v) is 5.51. The van der Waals surface area contributed by atoms with Crippen molar-refractivity contribution in [2.75, 3.05) is 11.9 Å². The van der Waals surface area contributed by atoms with E-state index in [1.807, 2.05) is 0 Å². The summed E-state index contributed by atoms with van der Waals surface area (Å²) in [5, 5.41) is 12.5. The molecule has 6 nitrogen and oxygen atoms in total. The van der Waals surface area contributed by atoms with Crippen molar-refractivity contribution in [1.82, 2.24) is 15.0 Å². The minimum atomic E-state index is -4.61. The molecule has 0 aromatic carbocycles. The largest absolute Gasteiger partial charge is 0.481 e. The van der Waals surface area contributed by atoms with Gasteiger partial charge in [0.2, 0.25) is 5.82 Å². The fraction of sp³-hybridized carbons (Fsp3) is 0.545. The van der Waals surface area contributed by atoms with E-state index in [9.17, 15) is 18.0 Å². The van der Waals surface area contributed by atoms with Crippen LogP contribution in [0.25, 0.3) is 0 Å². The summed E-state index contributed by atoms with van der Waals surface area (Å²) in [5.41, 5.74) is 2.77. The molecular weight excluding hydrogens is 409 g/mol. The second-order valence-corrected chi connectivity index (χ2v) is 7.93. The summed E-state index contributed by atoms with van der Waals surface area (Å²) in [6.07, 6.45) is 4.77. The zero-order valence-electron chi connectivity index (χ0n) is 17.3. The number of fused-ring (bicyclic) bond motifs is 1. The number of halogens is 3. The molecule has 0 fully saturated rings. The van der Waals surface area contributed by atoms with Gasteiger partial charge in [-0.3, -0.25) is 4.79 Å². The molecule has 0 bridgehead atoms. The Hall–Kier alpha value is -2.71. The zero-order chi connectivity index (χ0) is 22.3. The predicted octanol–water partition coefficient (Wildman–Crippen LogP) is 5.00. The van der Waals surface area contributed by atoms with Gasteiger partial charge < -0.3 is 10.4 Å². The zero-order valence-corrected chi connectivity index (χ0v) is 17.3. The Morgan fingerprint density at radius 2 is 1.87 bits per heavy atom. The summed E-state index contributed by atoms with van der Waals surface area (Å²) in [6, 6.07) is 4.23. The first kappa shape index (κ1) is 23.0. The Bertz CT molecular complexity index is 872. The fourth-order valence-electron chi connectivity index (χ4n) is 3.85. The van der Waals surface area contributed by atoms with Gasteiger partial charge in [-0.05, 0) is 55.2 Å². The number of nitrogens with one attached hydrogen (secondary N) is 1. The number of nitrogens with zero attached hydrogens (tertiary/aromatic N) is 3. The molecule has 168 valence electrons. The highest BCUT2D eigenvalue weighted by Gasteiger charge is 2.34. The summed E-state index contributed by atoms with van der Waals surface area (Å²) in [6.45, 7) is 0.963. The van der Waals surface area contributed by atoms with Crippen LogP contribution in [0.15, 0.2) is 24.5 Å². The molecule has 2 aromatic rings. The van der Waals surface area contributed by atoms with E-state index in [1.54, 1.807) is 0 Å². The van der Waals surface area contributed by atoms with E-state index in [0.29, 0.717) is 12.0 Å². The van der Waals surface area contributed by atoms with Crippen molar-refractivity contribution in [3.05, 3.63) is 47.2 Å². The van der Waals surface area contributed by atoms with E-state index < -0.39 is 23.9 Å².